The lowest BCUT2D eigenvalue weighted by molar-refractivity contribution is -0.184. The van der Waals surface area contributed by atoms with Gasteiger partial charge in [-0.15, -0.1) is 0 Å². The zero-order valence-electron chi connectivity index (χ0n) is 19.0. The molecule has 0 saturated carbocycles. The van der Waals surface area contributed by atoms with Gasteiger partial charge >= 0.3 is 0 Å². The van der Waals surface area contributed by atoms with Crippen molar-refractivity contribution in [2.24, 2.45) is 0 Å². The van der Waals surface area contributed by atoms with E-state index in [0.717, 1.165) is 36.9 Å². The number of carbonyl (C=O) groups excluding carboxylic acids is 1. The summed E-state index contributed by atoms with van der Waals surface area (Å²) in [6.07, 6.45) is 3.64. The fourth-order valence-electron chi connectivity index (χ4n) is 4.37. The summed E-state index contributed by atoms with van der Waals surface area (Å²) in [4.78, 5) is 13.0. The first-order chi connectivity index (χ1) is 15.0. The zero-order chi connectivity index (χ0) is 22.4. The number of nitrogens with zero attached hydrogens (tertiary/aromatic N) is 2. The summed E-state index contributed by atoms with van der Waals surface area (Å²) < 4.78 is 28.3. The van der Waals surface area contributed by atoms with Crippen LogP contribution in [-0.2, 0) is 19.0 Å². The second kappa shape index (κ2) is 10.9. The molecular formula is C23H34N2O6. The summed E-state index contributed by atoms with van der Waals surface area (Å²) in [6, 6.07) is 3.60. The third-order valence-electron chi connectivity index (χ3n) is 5.87. The summed E-state index contributed by atoms with van der Waals surface area (Å²) in [6.45, 7) is 8.29. The average Bonchev–Trinajstić information content (AvgIpc) is 3.26. The summed E-state index contributed by atoms with van der Waals surface area (Å²) in [5, 5.41) is 3.87. The first-order valence-corrected chi connectivity index (χ1v) is 10.8. The van der Waals surface area contributed by atoms with E-state index in [1.54, 1.807) is 26.3 Å². The van der Waals surface area contributed by atoms with Crippen molar-refractivity contribution in [3.63, 3.8) is 0 Å². The Kier molecular flexibility index (Phi) is 8.31. The monoisotopic (exact) mass is 434 g/mol. The minimum Gasteiger partial charge on any atom is -0.493 e. The second-order valence-electron chi connectivity index (χ2n) is 7.74. The first kappa shape index (κ1) is 23.5. The van der Waals surface area contributed by atoms with Crippen LogP contribution in [0.2, 0.25) is 0 Å². The predicted molar refractivity (Wildman–Crippen MR) is 116 cm³/mol. The minimum atomic E-state index is -0.528. The molecule has 2 aliphatic rings. The van der Waals surface area contributed by atoms with Crippen LogP contribution in [0.15, 0.2) is 24.8 Å². The molecule has 0 unspecified atom stereocenters. The van der Waals surface area contributed by atoms with Crippen molar-refractivity contribution in [2.75, 3.05) is 47.7 Å². The molecule has 31 heavy (non-hydrogen) atoms. The van der Waals surface area contributed by atoms with Gasteiger partial charge in [0.2, 0.25) is 0 Å². The van der Waals surface area contributed by atoms with Gasteiger partial charge in [-0.2, -0.15) is 0 Å². The van der Waals surface area contributed by atoms with Gasteiger partial charge in [-0.1, -0.05) is 6.58 Å². The van der Waals surface area contributed by atoms with Crippen molar-refractivity contribution in [1.82, 2.24) is 10.0 Å². The lowest BCUT2D eigenvalue weighted by Crippen LogP contribution is -2.51. The molecule has 2 aliphatic heterocycles. The van der Waals surface area contributed by atoms with Gasteiger partial charge in [-0.3, -0.25) is 9.80 Å². The summed E-state index contributed by atoms with van der Waals surface area (Å²) in [5.74, 6) is 1.01. The van der Waals surface area contributed by atoms with Crippen molar-refractivity contribution in [3.8, 4) is 11.5 Å². The molecule has 2 fully saturated rings. The molecule has 0 N–H and O–H groups in total. The molecule has 1 amide bonds. The number of amides is 1. The van der Waals surface area contributed by atoms with Gasteiger partial charge in [-0.05, 0) is 50.0 Å². The van der Waals surface area contributed by atoms with E-state index in [-0.39, 0.29) is 18.0 Å². The van der Waals surface area contributed by atoms with Crippen molar-refractivity contribution < 1.29 is 28.5 Å². The smallest absolute Gasteiger partial charge is 0.260 e. The number of rotatable bonds is 9. The number of hydrazine groups is 1. The molecule has 0 bridgehead atoms. The highest BCUT2D eigenvalue weighted by molar-refractivity contribution is 5.87. The van der Waals surface area contributed by atoms with E-state index >= 15 is 0 Å². The van der Waals surface area contributed by atoms with Crippen LogP contribution in [0.25, 0.3) is 0 Å². The standard InChI is InChI=1S/C23H34N2O6/c1-6-22(26)25(24-10-7-9-17(24)15-27-3)16(2)18-13-20(28-4)21(29-5)14-19(18)23-30-11-8-12-31-23/h6,13-14,16-17,23H,1,7-12,15H2,2-5H3/t16-,17+/m1/s1. The molecule has 2 heterocycles. The van der Waals surface area contributed by atoms with Gasteiger partial charge in [0.1, 0.15) is 0 Å². The maximum Gasteiger partial charge on any atom is 0.260 e. The molecule has 8 nitrogen and oxygen atoms in total. The molecule has 172 valence electrons. The van der Waals surface area contributed by atoms with E-state index in [1.165, 1.54) is 6.08 Å². The molecule has 2 atom stereocenters. The Hall–Kier alpha value is -2.13. The molecule has 0 aliphatic carbocycles. The normalized spacial score (nSPS) is 21.0. The summed E-state index contributed by atoms with van der Waals surface area (Å²) >= 11 is 0. The van der Waals surface area contributed by atoms with Crippen LogP contribution in [-0.4, -0.2) is 69.7 Å². The van der Waals surface area contributed by atoms with Crippen molar-refractivity contribution in [3.05, 3.63) is 35.9 Å². The van der Waals surface area contributed by atoms with Gasteiger partial charge in [0, 0.05) is 19.2 Å². The van der Waals surface area contributed by atoms with E-state index in [9.17, 15) is 4.79 Å². The summed E-state index contributed by atoms with van der Waals surface area (Å²) in [7, 11) is 4.88. The van der Waals surface area contributed by atoms with E-state index in [2.05, 4.69) is 11.6 Å². The van der Waals surface area contributed by atoms with E-state index < -0.39 is 6.29 Å². The van der Waals surface area contributed by atoms with Crippen LogP contribution in [0.5, 0.6) is 11.5 Å². The van der Waals surface area contributed by atoms with Crippen LogP contribution >= 0.6 is 0 Å². The lowest BCUT2D eigenvalue weighted by atomic mass is 9.98. The Bertz CT molecular complexity index is 765. The second-order valence-corrected chi connectivity index (χ2v) is 7.74. The first-order valence-electron chi connectivity index (χ1n) is 10.8. The van der Waals surface area contributed by atoms with Crippen molar-refractivity contribution >= 4 is 5.91 Å². The quantitative estimate of drug-likeness (QED) is 0.553. The Morgan fingerprint density at radius 3 is 2.52 bits per heavy atom. The Morgan fingerprint density at radius 1 is 1.23 bits per heavy atom. The predicted octanol–water partition coefficient (Wildman–Crippen LogP) is 3.24. The van der Waals surface area contributed by atoms with E-state index in [1.807, 2.05) is 19.1 Å². The molecule has 0 spiro atoms. The molecule has 1 aromatic rings. The number of hydrogen-bond donors (Lipinski definition) is 0. The Morgan fingerprint density at radius 2 is 1.90 bits per heavy atom. The fraction of sp³-hybridized carbons (Fsp3) is 0.609. The minimum absolute atomic E-state index is 0.127. The molecule has 0 aromatic heterocycles. The van der Waals surface area contributed by atoms with Gasteiger partial charge in [0.15, 0.2) is 17.8 Å². The maximum atomic E-state index is 13.0. The number of carbonyl (C=O) groups is 1. The van der Waals surface area contributed by atoms with Crippen LogP contribution in [0.3, 0.4) is 0 Å². The molecule has 8 heteroatoms. The SMILES string of the molecule is C=CC(=O)N([C@H](C)c1cc(OC)c(OC)cc1C1OCCCO1)N1CCC[C@H]1COC. The number of hydrogen-bond acceptors (Lipinski definition) is 7. The third kappa shape index (κ3) is 5.03. The molecule has 0 radical (unpaired) electrons. The topological polar surface area (TPSA) is 69.7 Å². The van der Waals surface area contributed by atoms with E-state index in [0.29, 0.717) is 31.3 Å². The highest BCUT2D eigenvalue weighted by Gasteiger charge is 2.37. The number of ether oxygens (including phenoxy) is 5. The summed E-state index contributed by atoms with van der Waals surface area (Å²) in [5.41, 5.74) is 1.71. The van der Waals surface area contributed by atoms with Crippen LogP contribution in [0.1, 0.15) is 49.6 Å². The highest BCUT2D eigenvalue weighted by atomic mass is 16.7. The van der Waals surface area contributed by atoms with Crippen molar-refractivity contribution in [2.45, 2.75) is 44.6 Å². The van der Waals surface area contributed by atoms with Gasteiger partial charge in [0.05, 0.1) is 46.1 Å². The third-order valence-corrected chi connectivity index (χ3v) is 5.87. The molecule has 1 aromatic carbocycles. The lowest BCUT2D eigenvalue weighted by Gasteiger charge is -2.40. The zero-order valence-corrected chi connectivity index (χ0v) is 19.0. The maximum absolute atomic E-state index is 13.0. The Balaban J connectivity index is 2.06. The van der Waals surface area contributed by atoms with Crippen LogP contribution < -0.4 is 9.47 Å². The number of methoxy groups -OCH3 is 3. The molecule has 2 saturated heterocycles. The van der Waals surface area contributed by atoms with Crippen LogP contribution in [0.4, 0.5) is 0 Å². The van der Waals surface area contributed by atoms with Gasteiger partial charge in [-0.25, -0.2) is 5.01 Å². The molecular weight excluding hydrogens is 400 g/mol. The fourth-order valence-corrected chi connectivity index (χ4v) is 4.37. The molecule has 3 rings (SSSR count). The van der Waals surface area contributed by atoms with Gasteiger partial charge < -0.3 is 23.7 Å². The Labute approximate surface area is 184 Å². The van der Waals surface area contributed by atoms with Crippen LogP contribution in [0, 0.1) is 0 Å². The highest BCUT2D eigenvalue weighted by Crippen LogP contribution is 2.41. The average molecular weight is 435 g/mol. The van der Waals surface area contributed by atoms with Crippen molar-refractivity contribution in [1.29, 1.82) is 0 Å². The van der Waals surface area contributed by atoms with E-state index in [4.69, 9.17) is 23.7 Å². The largest absolute Gasteiger partial charge is 0.493 e. The number of benzene rings is 1. The van der Waals surface area contributed by atoms with Gasteiger partial charge in [0.25, 0.3) is 5.91 Å².